The standard InChI is InChI=1S/C15H26N2O3S/c1-4-15(5-2,6-3)17-21(18,19)14-9-7-13(8-10-14)20-12-11-16/h7-10,17H,4-6,11-12,16H2,1-3H3. The van der Waals surface area contributed by atoms with Gasteiger partial charge in [-0.3, -0.25) is 0 Å². The van der Waals surface area contributed by atoms with E-state index < -0.39 is 10.0 Å². The first kappa shape index (κ1) is 17.9. The summed E-state index contributed by atoms with van der Waals surface area (Å²) in [6.45, 7) is 6.83. The van der Waals surface area contributed by atoms with Gasteiger partial charge in [-0.25, -0.2) is 13.1 Å². The quantitative estimate of drug-likeness (QED) is 0.732. The molecule has 0 aliphatic carbocycles. The summed E-state index contributed by atoms with van der Waals surface area (Å²) in [4.78, 5) is 0.252. The van der Waals surface area contributed by atoms with Crippen LogP contribution in [0, 0.1) is 0 Å². The molecule has 0 fully saturated rings. The summed E-state index contributed by atoms with van der Waals surface area (Å²) in [6, 6.07) is 6.41. The molecule has 1 rings (SSSR count). The Labute approximate surface area is 127 Å². The van der Waals surface area contributed by atoms with Crippen molar-refractivity contribution in [3.05, 3.63) is 24.3 Å². The number of rotatable bonds is 9. The van der Waals surface area contributed by atoms with Gasteiger partial charge < -0.3 is 10.5 Å². The maximum absolute atomic E-state index is 12.5. The number of hydrogen-bond donors (Lipinski definition) is 2. The van der Waals surface area contributed by atoms with Gasteiger partial charge in [-0.1, -0.05) is 20.8 Å². The molecule has 0 amide bonds. The Morgan fingerprint density at radius 2 is 1.62 bits per heavy atom. The van der Waals surface area contributed by atoms with Crippen molar-refractivity contribution < 1.29 is 13.2 Å². The molecule has 0 aliphatic rings. The molecule has 0 aromatic heterocycles. The van der Waals surface area contributed by atoms with E-state index in [4.69, 9.17) is 10.5 Å². The average molecular weight is 314 g/mol. The van der Waals surface area contributed by atoms with Crippen LogP contribution in [-0.4, -0.2) is 27.1 Å². The molecule has 0 spiro atoms. The summed E-state index contributed by atoms with van der Waals surface area (Å²) in [5.74, 6) is 0.618. The van der Waals surface area contributed by atoms with Gasteiger partial charge >= 0.3 is 0 Å². The van der Waals surface area contributed by atoms with Gasteiger partial charge in [0.15, 0.2) is 0 Å². The lowest BCUT2D eigenvalue weighted by Gasteiger charge is -2.31. The minimum atomic E-state index is -3.52. The topological polar surface area (TPSA) is 81.4 Å². The fourth-order valence-corrected chi connectivity index (χ4v) is 3.82. The van der Waals surface area contributed by atoms with Crippen LogP contribution in [0.4, 0.5) is 0 Å². The predicted octanol–water partition coefficient (Wildman–Crippen LogP) is 2.27. The predicted molar refractivity (Wildman–Crippen MR) is 84.9 cm³/mol. The molecule has 0 bridgehead atoms. The first-order valence-electron chi connectivity index (χ1n) is 7.40. The molecule has 5 nitrogen and oxygen atoms in total. The van der Waals surface area contributed by atoms with E-state index in [0.717, 1.165) is 19.3 Å². The summed E-state index contributed by atoms with van der Waals surface area (Å²) in [5.41, 5.74) is 4.98. The van der Waals surface area contributed by atoms with E-state index >= 15 is 0 Å². The van der Waals surface area contributed by atoms with Crippen molar-refractivity contribution in [3.8, 4) is 5.75 Å². The molecule has 0 unspecified atom stereocenters. The van der Waals surface area contributed by atoms with Crippen LogP contribution in [0.3, 0.4) is 0 Å². The van der Waals surface area contributed by atoms with Gasteiger partial charge in [0.2, 0.25) is 10.0 Å². The zero-order valence-electron chi connectivity index (χ0n) is 13.1. The van der Waals surface area contributed by atoms with Crippen molar-refractivity contribution >= 4 is 10.0 Å². The monoisotopic (exact) mass is 314 g/mol. The van der Waals surface area contributed by atoms with Gasteiger partial charge in [-0.2, -0.15) is 0 Å². The van der Waals surface area contributed by atoms with Gasteiger partial charge in [-0.15, -0.1) is 0 Å². The van der Waals surface area contributed by atoms with E-state index in [1.807, 2.05) is 20.8 Å². The molecule has 1 aromatic rings. The molecule has 120 valence electrons. The lowest BCUT2D eigenvalue weighted by Crippen LogP contribution is -2.46. The first-order valence-corrected chi connectivity index (χ1v) is 8.88. The number of benzene rings is 1. The molecular weight excluding hydrogens is 288 g/mol. The lowest BCUT2D eigenvalue weighted by atomic mass is 9.91. The maximum Gasteiger partial charge on any atom is 0.241 e. The second-order valence-corrected chi connectivity index (χ2v) is 6.74. The summed E-state index contributed by atoms with van der Waals surface area (Å²) >= 11 is 0. The number of hydrogen-bond acceptors (Lipinski definition) is 4. The van der Waals surface area contributed by atoms with E-state index in [2.05, 4.69) is 4.72 Å². The minimum Gasteiger partial charge on any atom is -0.492 e. The Bertz CT molecular complexity index is 514. The van der Waals surface area contributed by atoms with Gasteiger partial charge in [0, 0.05) is 12.1 Å². The zero-order valence-corrected chi connectivity index (χ0v) is 13.9. The normalized spacial score (nSPS) is 12.4. The second-order valence-electron chi connectivity index (χ2n) is 5.06. The van der Waals surface area contributed by atoms with Crippen molar-refractivity contribution in [1.29, 1.82) is 0 Å². The molecular formula is C15H26N2O3S. The SMILES string of the molecule is CCC(CC)(CC)NS(=O)(=O)c1ccc(OCCN)cc1. The highest BCUT2D eigenvalue weighted by Gasteiger charge is 2.30. The van der Waals surface area contributed by atoms with Gasteiger partial charge in [0.05, 0.1) is 4.90 Å². The molecule has 3 N–H and O–H groups in total. The number of nitrogens with two attached hydrogens (primary N) is 1. The van der Waals surface area contributed by atoms with Gasteiger partial charge in [-0.05, 0) is 43.5 Å². The summed E-state index contributed by atoms with van der Waals surface area (Å²) < 4.78 is 33.1. The fraction of sp³-hybridized carbons (Fsp3) is 0.600. The summed E-state index contributed by atoms with van der Waals surface area (Å²) in [7, 11) is -3.52. The van der Waals surface area contributed by atoms with Crippen LogP contribution in [0.25, 0.3) is 0 Å². The van der Waals surface area contributed by atoms with Crippen LogP contribution in [-0.2, 0) is 10.0 Å². The number of nitrogens with one attached hydrogen (secondary N) is 1. The Hall–Kier alpha value is -1.11. The number of ether oxygens (including phenoxy) is 1. The van der Waals surface area contributed by atoms with Crippen LogP contribution in [0.1, 0.15) is 40.0 Å². The molecule has 6 heteroatoms. The van der Waals surface area contributed by atoms with E-state index in [9.17, 15) is 8.42 Å². The van der Waals surface area contributed by atoms with Gasteiger partial charge in [0.25, 0.3) is 0 Å². The molecule has 21 heavy (non-hydrogen) atoms. The maximum atomic E-state index is 12.5. The van der Waals surface area contributed by atoms with E-state index in [1.54, 1.807) is 24.3 Å². The third kappa shape index (κ3) is 4.69. The van der Waals surface area contributed by atoms with Crippen molar-refractivity contribution in [2.24, 2.45) is 5.73 Å². The number of sulfonamides is 1. The lowest BCUT2D eigenvalue weighted by molar-refractivity contribution is 0.328. The van der Waals surface area contributed by atoms with Crippen LogP contribution < -0.4 is 15.2 Å². The Balaban J connectivity index is 2.92. The van der Waals surface area contributed by atoms with Crippen LogP contribution in [0.5, 0.6) is 5.75 Å². The largest absolute Gasteiger partial charge is 0.492 e. The second kappa shape index (κ2) is 7.77. The highest BCUT2D eigenvalue weighted by molar-refractivity contribution is 7.89. The van der Waals surface area contributed by atoms with E-state index in [0.29, 0.717) is 18.9 Å². The average Bonchev–Trinajstić information content (AvgIpc) is 2.51. The third-order valence-electron chi connectivity index (χ3n) is 3.90. The Morgan fingerprint density at radius 1 is 1.10 bits per heavy atom. The van der Waals surface area contributed by atoms with Crippen LogP contribution in [0.15, 0.2) is 29.2 Å². The Morgan fingerprint density at radius 3 is 2.05 bits per heavy atom. The van der Waals surface area contributed by atoms with Crippen LogP contribution >= 0.6 is 0 Å². The summed E-state index contributed by atoms with van der Waals surface area (Å²) in [5, 5.41) is 0. The third-order valence-corrected chi connectivity index (χ3v) is 5.50. The first-order chi connectivity index (χ1) is 9.93. The smallest absolute Gasteiger partial charge is 0.241 e. The zero-order chi connectivity index (χ0) is 15.9. The molecule has 0 saturated carbocycles. The van der Waals surface area contributed by atoms with Crippen molar-refractivity contribution in [3.63, 3.8) is 0 Å². The Kier molecular flexibility index (Phi) is 6.64. The molecule has 1 aromatic carbocycles. The molecule has 0 atom stereocenters. The summed E-state index contributed by atoms with van der Waals surface area (Å²) in [6.07, 6.45) is 2.28. The van der Waals surface area contributed by atoms with Gasteiger partial charge in [0.1, 0.15) is 12.4 Å². The molecule has 0 saturated heterocycles. The highest BCUT2D eigenvalue weighted by Crippen LogP contribution is 2.24. The van der Waals surface area contributed by atoms with E-state index in [-0.39, 0.29) is 10.4 Å². The van der Waals surface area contributed by atoms with Crippen LogP contribution in [0.2, 0.25) is 0 Å². The van der Waals surface area contributed by atoms with Crippen molar-refractivity contribution in [2.75, 3.05) is 13.2 Å². The fourth-order valence-electron chi connectivity index (χ4n) is 2.20. The van der Waals surface area contributed by atoms with E-state index in [1.165, 1.54) is 0 Å². The minimum absolute atomic E-state index is 0.252. The molecule has 0 aliphatic heterocycles. The van der Waals surface area contributed by atoms with Crippen molar-refractivity contribution in [1.82, 2.24) is 4.72 Å². The van der Waals surface area contributed by atoms with Crippen molar-refractivity contribution in [2.45, 2.75) is 50.5 Å². The molecule has 0 heterocycles. The molecule has 0 radical (unpaired) electrons. The highest BCUT2D eigenvalue weighted by atomic mass is 32.2.